The number of para-hydroxylation sites is 1. The molecule has 10 nitrogen and oxygen atoms in total. The van der Waals surface area contributed by atoms with Gasteiger partial charge in [0.05, 0.1) is 6.42 Å². The highest BCUT2D eigenvalue weighted by Crippen LogP contribution is 2.20. The summed E-state index contributed by atoms with van der Waals surface area (Å²) in [4.78, 5) is 53.3. The van der Waals surface area contributed by atoms with Crippen LogP contribution < -0.4 is 16.4 Å². The van der Waals surface area contributed by atoms with Gasteiger partial charge in [0.2, 0.25) is 11.8 Å². The van der Waals surface area contributed by atoms with Crippen molar-refractivity contribution in [3.63, 3.8) is 0 Å². The van der Waals surface area contributed by atoms with Crippen molar-refractivity contribution in [2.45, 2.75) is 57.9 Å². The number of primary amides is 1. The van der Waals surface area contributed by atoms with Crippen molar-refractivity contribution in [1.82, 2.24) is 15.6 Å². The summed E-state index contributed by atoms with van der Waals surface area (Å²) in [6, 6.07) is 14.2. The Hall–Kier alpha value is -4.34. The summed E-state index contributed by atoms with van der Waals surface area (Å²) in [5, 5.41) is 5.87. The number of aromatic amines is 1. The van der Waals surface area contributed by atoms with Crippen LogP contribution in [0.3, 0.4) is 0 Å². The number of rotatable bonds is 10. The lowest BCUT2D eigenvalue weighted by Gasteiger charge is -2.24. The van der Waals surface area contributed by atoms with Crippen LogP contribution in [0.25, 0.3) is 10.9 Å². The molecule has 0 aliphatic rings. The molecule has 2 aromatic carbocycles. The third kappa shape index (κ3) is 8.38. The molecule has 10 heteroatoms. The highest BCUT2D eigenvalue weighted by atomic mass is 16.6. The molecule has 196 valence electrons. The van der Waals surface area contributed by atoms with E-state index in [0.29, 0.717) is 0 Å². The first kappa shape index (κ1) is 27.3. The molecule has 0 saturated carbocycles. The van der Waals surface area contributed by atoms with E-state index in [2.05, 4.69) is 15.6 Å². The molecule has 5 N–H and O–H groups in total. The quantitative estimate of drug-likeness (QED) is 0.309. The van der Waals surface area contributed by atoms with Crippen molar-refractivity contribution < 1.29 is 28.7 Å². The van der Waals surface area contributed by atoms with Crippen LogP contribution in [0.4, 0.5) is 4.79 Å². The van der Waals surface area contributed by atoms with Gasteiger partial charge >= 0.3 is 12.1 Å². The lowest BCUT2D eigenvalue weighted by Crippen LogP contribution is -2.54. The minimum atomic E-state index is -1.35. The number of hydrogen-bond donors (Lipinski definition) is 4. The molecule has 3 rings (SSSR count). The number of benzene rings is 2. The summed E-state index contributed by atoms with van der Waals surface area (Å²) in [5.74, 6) is -2.25. The van der Waals surface area contributed by atoms with Gasteiger partial charge in [-0.15, -0.1) is 0 Å². The number of H-pyrrole nitrogens is 1. The van der Waals surface area contributed by atoms with E-state index in [1.165, 1.54) is 0 Å². The van der Waals surface area contributed by atoms with Gasteiger partial charge in [0, 0.05) is 23.5 Å². The van der Waals surface area contributed by atoms with E-state index in [-0.39, 0.29) is 13.0 Å². The van der Waals surface area contributed by atoms with Gasteiger partial charge in [0.25, 0.3) is 0 Å². The number of alkyl carbamates (subject to hydrolysis) is 1. The van der Waals surface area contributed by atoms with Crippen LogP contribution >= 0.6 is 0 Å². The summed E-state index contributed by atoms with van der Waals surface area (Å²) >= 11 is 0. The van der Waals surface area contributed by atoms with Gasteiger partial charge in [-0.25, -0.2) is 9.59 Å². The Kier molecular flexibility index (Phi) is 8.89. The van der Waals surface area contributed by atoms with Crippen LogP contribution in [-0.4, -0.2) is 46.5 Å². The number of carbonyl (C=O) groups excluding carboxylic acids is 4. The predicted molar refractivity (Wildman–Crippen MR) is 137 cm³/mol. The Morgan fingerprint density at radius 3 is 2.30 bits per heavy atom. The Labute approximate surface area is 214 Å². The summed E-state index contributed by atoms with van der Waals surface area (Å²) in [7, 11) is 0. The Morgan fingerprint density at radius 1 is 0.946 bits per heavy atom. The van der Waals surface area contributed by atoms with Crippen molar-refractivity contribution >= 4 is 34.8 Å². The fraction of sp³-hybridized carbons (Fsp3) is 0.333. The summed E-state index contributed by atoms with van der Waals surface area (Å²) in [6.45, 7) is 5.00. The molecule has 0 aliphatic carbocycles. The van der Waals surface area contributed by atoms with E-state index in [1.807, 2.05) is 54.6 Å². The van der Waals surface area contributed by atoms with Crippen LogP contribution in [0.5, 0.6) is 0 Å². The molecule has 2 atom stereocenters. The molecule has 1 heterocycles. The maximum atomic E-state index is 13.2. The van der Waals surface area contributed by atoms with Crippen LogP contribution in [0.2, 0.25) is 0 Å². The van der Waals surface area contributed by atoms with Gasteiger partial charge in [-0.3, -0.25) is 9.59 Å². The average molecular weight is 509 g/mol. The fourth-order valence-corrected chi connectivity index (χ4v) is 3.68. The smallest absolute Gasteiger partial charge is 0.408 e. The summed E-state index contributed by atoms with van der Waals surface area (Å²) in [5.41, 5.74) is 6.92. The second-order valence-electron chi connectivity index (χ2n) is 9.59. The number of nitrogens with two attached hydrogens (primary N) is 1. The standard InChI is InChI=1S/C27H32N4O6/c1-27(2,3)37-26(35)31-21(14-23(28)32)24(33)30-22(25(34)36-16-17-9-5-4-6-10-17)13-18-15-29-20-12-8-7-11-19(18)20/h4-12,15,21-22,29H,13-14,16H2,1-3H3,(H2,28,32)(H,30,33)(H,31,35)/t21-,22-/m0/s1. The van der Waals surface area contributed by atoms with E-state index in [0.717, 1.165) is 22.0 Å². The SMILES string of the molecule is CC(C)(C)OC(=O)N[C@@H](CC(N)=O)C(=O)N[C@@H](Cc1c[nH]c2ccccc12)C(=O)OCc1ccccc1. The minimum Gasteiger partial charge on any atom is -0.459 e. The largest absolute Gasteiger partial charge is 0.459 e. The summed E-state index contributed by atoms with van der Waals surface area (Å²) in [6.07, 6.45) is 0.491. The number of carbonyl (C=O) groups is 4. The zero-order valence-electron chi connectivity index (χ0n) is 21.1. The first-order valence-electron chi connectivity index (χ1n) is 11.9. The van der Waals surface area contributed by atoms with Crippen molar-refractivity contribution in [3.05, 3.63) is 71.9 Å². The van der Waals surface area contributed by atoms with Crippen LogP contribution in [0.15, 0.2) is 60.8 Å². The molecule has 0 fully saturated rings. The second-order valence-corrected chi connectivity index (χ2v) is 9.59. The van der Waals surface area contributed by atoms with Crippen molar-refractivity contribution in [2.24, 2.45) is 5.73 Å². The number of esters is 1. The number of hydrogen-bond acceptors (Lipinski definition) is 6. The van der Waals surface area contributed by atoms with E-state index in [9.17, 15) is 19.2 Å². The van der Waals surface area contributed by atoms with Crippen molar-refractivity contribution in [3.8, 4) is 0 Å². The third-order valence-electron chi connectivity index (χ3n) is 5.34. The first-order valence-corrected chi connectivity index (χ1v) is 11.9. The van der Waals surface area contributed by atoms with Crippen LogP contribution in [0, 0.1) is 0 Å². The lowest BCUT2D eigenvalue weighted by atomic mass is 10.0. The topological polar surface area (TPSA) is 153 Å². The van der Waals surface area contributed by atoms with Crippen LogP contribution in [0.1, 0.15) is 38.3 Å². The molecule has 37 heavy (non-hydrogen) atoms. The van der Waals surface area contributed by atoms with Crippen LogP contribution in [-0.2, 0) is 36.9 Å². The zero-order chi connectivity index (χ0) is 27.0. The van der Waals surface area contributed by atoms with Gasteiger partial charge in [-0.1, -0.05) is 48.5 Å². The molecule has 0 saturated heterocycles. The molecule has 3 aromatic rings. The monoisotopic (exact) mass is 508 g/mol. The molecule has 0 unspecified atom stereocenters. The number of ether oxygens (including phenoxy) is 2. The molecule has 0 spiro atoms. The zero-order valence-corrected chi connectivity index (χ0v) is 21.1. The maximum Gasteiger partial charge on any atom is 0.408 e. The van der Waals surface area contributed by atoms with Gasteiger partial charge in [0.1, 0.15) is 24.3 Å². The van der Waals surface area contributed by atoms with Crippen molar-refractivity contribution in [1.29, 1.82) is 0 Å². The number of amides is 3. The molecule has 1 aromatic heterocycles. The first-order chi connectivity index (χ1) is 17.5. The summed E-state index contributed by atoms with van der Waals surface area (Å²) < 4.78 is 10.7. The Bertz CT molecular complexity index is 1250. The fourth-order valence-electron chi connectivity index (χ4n) is 3.68. The molecular weight excluding hydrogens is 476 g/mol. The normalized spacial score (nSPS) is 12.8. The Morgan fingerprint density at radius 2 is 1.62 bits per heavy atom. The van der Waals surface area contributed by atoms with E-state index < -0.39 is 48.0 Å². The number of aromatic nitrogens is 1. The molecule has 0 aliphatic heterocycles. The van der Waals surface area contributed by atoms with Gasteiger partial charge in [0.15, 0.2) is 0 Å². The number of nitrogens with one attached hydrogen (secondary N) is 3. The van der Waals surface area contributed by atoms with E-state index in [4.69, 9.17) is 15.2 Å². The highest BCUT2D eigenvalue weighted by Gasteiger charge is 2.31. The molecule has 0 bridgehead atoms. The third-order valence-corrected chi connectivity index (χ3v) is 5.34. The Balaban J connectivity index is 1.80. The number of fused-ring (bicyclic) bond motifs is 1. The highest BCUT2D eigenvalue weighted by molar-refractivity contribution is 5.93. The predicted octanol–water partition coefficient (Wildman–Crippen LogP) is 2.71. The molecular formula is C27H32N4O6. The average Bonchev–Trinajstić information content (AvgIpc) is 3.23. The van der Waals surface area contributed by atoms with Gasteiger partial charge < -0.3 is 30.8 Å². The minimum absolute atomic E-state index is 0.0147. The van der Waals surface area contributed by atoms with Gasteiger partial charge in [-0.2, -0.15) is 0 Å². The van der Waals surface area contributed by atoms with E-state index in [1.54, 1.807) is 27.0 Å². The maximum absolute atomic E-state index is 13.2. The lowest BCUT2D eigenvalue weighted by molar-refractivity contribution is -0.149. The van der Waals surface area contributed by atoms with Gasteiger partial charge in [-0.05, 0) is 38.0 Å². The van der Waals surface area contributed by atoms with E-state index >= 15 is 0 Å². The molecule has 0 radical (unpaired) electrons. The van der Waals surface area contributed by atoms with Crippen molar-refractivity contribution in [2.75, 3.05) is 0 Å². The molecule has 3 amide bonds. The second kappa shape index (κ2) is 12.1.